The Morgan fingerprint density at radius 2 is 1.82 bits per heavy atom. The third-order valence-electron chi connectivity index (χ3n) is 5.14. The predicted molar refractivity (Wildman–Crippen MR) is 117 cm³/mol. The number of hydrogen-bond acceptors (Lipinski definition) is 3. The third kappa shape index (κ3) is 4.34. The average molecular weight is 391 g/mol. The molecule has 1 saturated carbocycles. The summed E-state index contributed by atoms with van der Waals surface area (Å²) in [7, 11) is 4.16. The summed E-state index contributed by atoms with van der Waals surface area (Å²) in [6, 6.07) is 19.1. The van der Waals surface area contributed by atoms with E-state index in [1.165, 1.54) is 35.1 Å². The molecule has 0 bridgehead atoms. The van der Waals surface area contributed by atoms with Gasteiger partial charge in [0, 0.05) is 13.1 Å². The highest BCUT2D eigenvalue weighted by Crippen LogP contribution is 2.43. The number of nitrogens with zero attached hydrogens (tertiary/aromatic N) is 1. The van der Waals surface area contributed by atoms with Gasteiger partial charge >= 0.3 is 0 Å². The third-order valence-corrected chi connectivity index (χ3v) is 6.07. The zero-order chi connectivity index (χ0) is 19.5. The molecule has 4 heteroatoms. The van der Waals surface area contributed by atoms with Crippen molar-refractivity contribution in [1.29, 1.82) is 0 Å². The van der Waals surface area contributed by atoms with Crippen LogP contribution in [0.15, 0.2) is 60.0 Å². The Morgan fingerprint density at radius 1 is 1.07 bits per heavy atom. The summed E-state index contributed by atoms with van der Waals surface area (Å²) in [6.45, 7) is 1.47. The fourth-order valence-corrected chi connectivity index (χ4v) is 4.49. The number of thiophene rings is 1. The highest BCUT2D eigenvalue weighted by molar-refractivity contribution is 7.12. The maximum atomic E-state index is 12.7. The summed E-state index contributed by atoms with van der Waals surface area (Å²) in [6.07, 6.45) is 2.42. The summed E-state index contributed by atoms with van der Waals surface area (Å²) in [5.41, 5.74) is 6.02. The van der Waals surface area contributed by atoms with Gasteiger partial charge in [0.1, 0.15) is 0 Å². The molecule has 2 aromatic carbocycles. The second-order valence-electron chi connectivity index (χ2n) is 7.75. The standard InChI is InChI=1S/C24H26N2OS/c1-26(2)16-17-7-9-18(10-8-17)21-6-4-3-5-20(21)15-25-24(27)23-22(13-14-28-23)19-11-12-19/h3-10,13-14,19H,11-12,15-16H2,1-2H3,(H,25,27). The Balaban J connectivity index is 1.48. The van der Waals surface area contributed by atoms with E-state index in [1.54, 1.807) is 11.3 Å². The quantitative estimate of drug-likeness (QED) is 0.595. The molecule has 1 aliphatic rings. The summed E-state index contributed by atoms with van der Waals surface area (Å²) in [4.78, 5) is 15.8. The van der Waals surface area contributed by atoms with Crippen LogP contribution >= 0.6 is 11.3 Å². The molecule has 0 atom stereocenters. The average Bonchev–Trinajstić information content (AvgIpc) is 3.43. The van der Waals surface area contributed by atoms with Crippen LogP contribution in [0.4, 0.5) is 0 Å². The van der Waals surface area contributed by atoms with Crippen LogP contribution in [-0.4, -0.2) is 24.9 Å². The molecule has 0 aliphatic heterocycles. The number of carbonyl (C=O) groups is 1. The van der Waals surface area contributed by atoms with Crippen molar-refractivity contribution >= 4 is 17.2 Å². The first-order valence-corrected chi connectivity index (χ1v) is 10.7. The van der Waals surface area contributed by atoms with Crippen LogP contribution < -0.4 is 5.32 Å². The zero-order valence-corrected chi connectivity index (χ0v) is 17.3. The molecule has 1 fully saturated rings. The molecule has 28 heavy (non-hydrogen) atoms. The number of amides is 1. The second-order valence-corrected chi connectivity index (χ2v) is 8.67. The number of carbonyl (C=O) groups excluding carboxylic acids is 1. The molecule has 1 aliphatic carbocycles. The Kier molecular flexibility index (Phi) is 5.60. The van der Waals surface area contributed by atoms with Crippen molar-refractivity contribution in [3.63, 3.8) is 0 Å². The Bertz CT molecular complexity index is 955. The lowest BCUT2D eigenvalue weighted by Crippen LogP contribution is -2.23. The van der Waals surface area contributed by atoms with Gasteiger partial charge in [-0.3, -0.25) is 4.79 Å². The predicted octanol–water partition coefficient (Wildman–Crippen LogP) is 5.28. The van der Waals surface area contributed by atoms with E-state index in [-0.39, 0.29) is 5.91 Å². The second kappa shape index (κ2) is 8.29. The van der Waals surface area contributed by atoms with Gasteiger partial charge in [-0.15, -0.1) is 11.3 Å². The van der Waals surface area contributed by atoms with Gasteiger partial charge in [0.2, 0.25) is 0 Å². The lowest BCUT2D eigenvalue weighted by Gasteiger charge is -2.13. The first kappa shape index (κ1) is 18.9. The summed E-state index contributed by atoms with van der Waals surface area (Å²) in [5.74, 6) is 0.646. The Morgan fingerprint density at radius 3 is 2.54 bits per heavy atom. The van der Waals surface area contributed by atoms with Crippen LogP contribution in [0.1, 0.15) is 45.1 Å². The highest BCUT2D eigenvalue weighted by Gasteiger charge is 2.28. The molecule has 4 rings (SSSR count). The van der Waals surface area contributed by atoms with Crippen molar-refractivity contribution in [2.75, 3.05) is 14.1 Å². The fourth-order valence-electron chi connectivity index (χ4n) is 3.59. The van der Waals surface area contributed by atoms with Crippen LogP contribution in [0.5, 0.6) is 0 Å². The van der Waals surface area contributed by atoms with Crippen molar-refractivity contribution in [2.45, 2.75) is 31.8 Å². The van der Waals surface area contributed by atoms with Crippen molar-refractivity contribution in [3.05, 3.63) is 81.5 Å². The van der Waals surface area contributed by atoms with Gasteiger partial charge in [0.15, 0.2) is 0 Å². The Hall–Kier alpha value is -2.43. The maximum Gasteiger partial charge on any atom is 0.261 e. The number of hydrogen-bond donors (Lipinski definition) is 1. The molecule has 144 valence electrons. The van der Waals surface area contributed by atoms with Crippen molar-refractivity contribution in [1.82, 2.24) is 10.2 Å². The molecule has 1 aromatic heterocycles. The number of nitrogens with one attached hydrogen (secondary N) is 1. The molecule has 3 nitrogen and oxygen atoms in total. The van der Waals surface area contributed by atoms with E-state index in [9.17, 15) is 4.79 Å². The van der Waals surface area contributed by atoms with E-state index in [4.69, 9.17) is 0 Å². The topological polar surface area (TPSA) is 32.3 Å². The van der Waals surface area contributed by atoms with Gasteiger partial charge in [0.05, 0.1) is 4.88 Å². The van der Waals surface area contributed by atoms with Crippen LogP contribution in [-0.2, 0) is 13.1 Å². The summed E-state index contributed by atoms with van der Waals surface area (Å²) >= 11 is 1.55. The first-order chi connectivity index (χ1) is 13.6. The first-order valence-electron chi connectivity index (χ1n) is 9.79. The molecule has 0 saturated heterocycles. The van der Waals surface area contributed by atoms with Crippen LogP contribution in [0.3, 0.4) is 0 Å². The van der Waals surface area contributed by atoms with Gasteiger partial charge in [-0.25, -0.2) is 0 Å². The number of benzene rings is 2. The fraction of sp³-hybridized carbons (Fsp3) is 0.292. The molecule has 1 amide bonds. The lowest BCUT2D eigenvalue weighted by atomic mass is 9.98. The highest BCUT2D eigenvalue weighted by atomic mass is 32.1. The largest absolute Gasteiger partial charge is 0.347 e. The number of rotatable bonds is 7. The normalized spacial score (nSPS) is 13.7. The van der Waals surface area contributed by atoms with E-state index >= 15 is 0 Å². The maximum absolute atomic E-state index is 12.7. The molecule has 1 heterocycles. The molecule has 0 spiro atoms. The molecule has 0 radical (unpaired) electrons. The van der Waals surface area contributed by atoms with Gasteiger partial charge in [-0.1, -0.05) is 48.5 Å². The van der Waals surface area contributed by atoms with E-state index < -0.39 is 0 Å². The van der Waals surface area contributed by atoms with E-state index in [0.29, 0.717) is 12.5 Å². The van der Waals surface area contributed by atoms with Crippen LogP contribution in [0, 0.1) is 0 Å². The van der Waals surface area contributed by atoms with Gasteiger partial charge in [-0.2, -0.15) is 0 Å². The lowest BCUT2D eigenvalue weighted by molar-refractivity contribution is 0.0954. The van der Waals surface area contributed by atoms with E-state index in [0.717, 1.165) is 17.0 Å². The molecular formula is C24H26N2OS. The minimum Gasteiger partial charge on any atom is -0.347 e. The van der Waals surface area contributed by atoms with Crippen molar-refractivity contribution < 1.29 is 4.79 Å². The van der Waals surface area contributed by atoms with Crippen LogP contribution in [0.2, 0.25) is 0 Å². The smallest absolute Gasteiger partial charge is 0.261 e. The minimum absolute atomic E-state index is 0.0491. The van der Waals surface area contributed by atoms with Gasteiger partial charge in [-0.05, 0) is 72.1 Å². The molecular weight excluding hydrogens is 364 g/mol. The van der Waals surface area contributed by atoms with Gasteiger partial charge < -0.3 is 10.2 Å². The van der Waals surface area contributed by atoms with Gasteiger partial charge in [0.25, 0.3) is 5.91 Å². The minimum atomic E-state index is 0.0491. The Labute approximate surface area is 171 Å². The van der Waals surface area contributed by atoms with Crippen molar-refractivity contribution in [3.8, 4) is 11.1 Å². The van der Waals surface area contributed by atoms with E-state index in [2.05, 4.69) is 72.8 Å². The summed E-state index contributed by atoms with van der Waals surface area (Å²) in [5, 5.41) is 5.17. The molecule has 0 unspecified atom stereocenters. The summed E-state index contributed by atoms with van der Waals surface area (Å²) < 4.78 is 0. The van der Waals surface area contributed by atoms with E-state index in [1.807, 2.05) is 11.4 Å². The zero-order valence-electron chi connectivity index (χ0n) is 16.4. The monoisotopic (exact) mass is 390 g/mol. The van der Waals surface area contributed by atoms with Crippen molar-refractivity contribution in [2.24, 2.45) is 0 Å². The van der Waals surface area contributed by atoms with Crippen LogP contribution in [0.25, 0.3) is 11.1 Å². The molecule has 1 N–H and O–H groups in total. The SMILES string of the molecule is CN(C)Cc1ccc(-c2ccccc2CNC(=O)c2sccc2C2CC2)cc1. The molecule has 3 aromatic rings.